The Balaban J connectivity index is 1.36. The van der Waals surface area contributed by atoms with Crippen LogP contribution in [0.5, 0.6) is 0 Å². The summed E-state index contributed by atoms with van der Waals surface area (Å²) in [5.74, 6) is -0.429. The third kappa shape index (κ3) is 4.30. The molecular formula is C29H28O5. The minimum Gasteiger partial charge on any atom is -0.490 e. The molecule has 1 aliphatic carbocycles. The first-order valence-electron chi connectivity index (χ1n) is 11.7. The third-order valence-electron chi connectivity index (χ3n) is 6.86. The normalized spacial score (nSPS) is 27.9. The minimum absolute atomic E-state index is 0.262. The maximum absolute atomic E-state index is 13.0. The molecule has 2 heterocycles. The standard InChI is InChI=1S/C29H28O5/c1-17-13-23-15-22(29(31)33-23)16-26-28(18(2)19(3)32-26)25(14-17)34-27(30)12-11-21-9-6-8-20-7-4-5-10-24(20)21/h4-10,14-15,23,25-26,28H,2-3,11-13,16H2,1H3/b17-14+/t23-,25-,26?,28+/m1/s1. The lowest BCUT2D eigenvalue weighted by Gasteiger charge is -2.26. The number of rotatable bonds is 4. The van der Waals surface area contributed by atoms with Gasteiger partial charge in [0, 0.05) is 24.8 Å². The Morgan fingerprint density at radius 3 is 2.71 bits per heavy atom. The molecule has 3 aliphatic rings. The Morgan fingerprint density at radius 2 is 1.85 bits per heavy atom. The van der Waals surface area contributed by atoms with Crippen molar-refractivity contribution in [3.63, 3.8) is 0 Å². The second-order valence-corrected chi connectivity index (χ2v) is 9.28. The van der Waals surface area contributed by atoms with Gasteiger partial charge in [-0.2, -0.15) is 0 Å². The highest BCUT2D eigenvalue weighted by Gasteiger charge is 2.44. The highest BCUT2D eigenvalue weighted by molar-refractivity contribution is 5.91. The van der Waals surface area contributed by atoms with Crippen LogP contribution in [-0.2, 0) is 30.2 Å². The second kappa shape index (κ2) is 8.98. The van der Waals surface area contributed by atoms with Gasteiger partial charge in [-0.15, -0.1) is 0 Å². The van der Waals surface area contributed by atoms with Crippen LogP contribution in [0, 0.1) is 5.92 Å². The molecule has 1 saturated heterocycles. The molecule has 5 nitrogen and oxygen atoms in total. The quantitative estimate of drug-likeness (QED) is 0.458. The lowest BCUT2D eigenvalue weighted by Crippen LogP contribution is -2.33. The molecule has 4 atom stereocenters. The zero-order valence-corrected chi connectivity index (χ0v) is 19.3. The van der Waals surface area contributed by atoms with Gasteiger partial charge in [0.15, 0.2) is 0 Å². The molecule has 2 aliphatic heterocycles. The van der Waals surface area contributed by atoms with Gasteiger partial charge in [0.25, 0.3) is 0 Å². The summed E-state index contributed by atoms with van der Waals surface area (Å²) < 4.78 is 17.5. The van der Waals surface area contributed by atoms with Gasteiger partial charge in [-0.25, -0.2) is 4.79 Å². The first-order valence-corrected chi connectivity index (χ1v) is 11.7. The molecule has 174 valence electrons. The summed E-state index contributed by atoms with van der Waals surface area (Å²) in [6.07, 6.45) is 4.36. The van der Waals surface area contributed by atoms with Gasteiger partial charge < -0.3 is 14.2 Å². The van der Waals surface area contributed by atoms with Gasteiger partial charge in [-0.1, -0.05) is 61.2 Å². The number of ether oxygens (including phenoxy) is 3. The molecule has 5 heteroatoms. The predicted octanol–water partition coefficient (Wildman–Crippen LogP) is 5.36. The molecule has 2 bridgehead atoms. The van der Waals surface area contributed by atoms with Crippen LogP contribution in [-0.4, -0.2) is 30.3 Å². The van der Waals surface area contributed by atoms with Crippen molar-refractivity contribution < 1.29 is 23.8 Å². The monoisotopic (exact) mass is 456 g/mol. The molecule has 5 rings (SSSR count). The maximum atomic E-state index is 13.0. The van der Waals surface area contributed by atoms with Gasteiger partial charge in [0.05, 0.1) is 5.92 Å². The number of aryl methyl sites for hydroxylation is 1. The number of hydrogen-bond donors (Lipinski definition) is 0. The predicted molar refractivity (Wildman–Crippen MR) is 130 cm³/mol. The largest absolute Gasteiger partial charge is 0.490 e. The summed E-state index contributed by atoms with van der Waals surface area (Å²) in [6.45, 7) is 10.1. The summed E-state index contributed by atoms with van der Waals surface area (Å²) in [7, 11) is 0. The summed E-state index contributed by atoms with van der Waals surface area (Å²) in [5, 5.41) is 2.30. The maximum Gasteiger partial charge on any atom is 0.334 e. The van der Waals surface area contributed by atoms with Crippen molar-refractivity contribution in [1.29, 1.82) is 0 Å². The highest BCUT2D eigenvalue weighted by Crippen LogP contribution is 2.42. The van der Waals surface area contributed by atoms with Crippen LogP contribution >= 0.6 is 0 Å². The van der Waals surface area contributed by atoms with Crippen LogP contribution in [0.25, 0.3) is 10.8 Å². The van der Waals surface area contributed by atoms with Crippen LogP contribution in [0.3, 0.4) is 0 Å². The number of carbonyl (C=O) groups is 2. The molecule has 34 heavy (non-hydrogen) atoms. The molecule has 0 amide bonds. The summed E-state index contributed by atoms with van der Waals surface area (Å²) >= 11 is 0. The zero-order valence-electron chi connectivity index (χ0n) is 19.3. The van der Waals surface area contributed by atoms with Crippen LogP contribution in [0.4, 0.5) is 0 Å². The molecule has 2 aromatic rings. The SMILES string of the molecule is C=C1OC2CC3=C[C@@H](C/C(C)=C/[C@@H](OC(=O)CCc4cccc5ccccc45)[C@@H]2C1=C)OC3=O. The van der Waals surface area contributed by atoms with Crippen LogP contribution in [0.1, 0.15) is 31.7 Å². The van der Waals surface area contributed by atoms with Crippen molar-refractivity contribution in [2.45, 2.75) is 50.9 Å². The smallest absolute Gasteiger partial charge is 0.334 e. The van der Waals surface area contributed by atoms with E-state index >= 15 is 0 Å². The molecule has 2 aromatic carbocycles. The first-order chi connectivity index (χ1) is 16.4. The van der Waals surface area contributed by atoms with Crippen LogP contribution in [0.2, 0.25) is 0 Å². The van der Waals surface area contributed by atoms with E-state index in [-0.39, 0.29) is 30.4 Å². The fraction of sp³-hybridized carbons (Fsp3) is 0.310. The van der Waals surface area contributed by atoms with Crippen molar-refractivity contribution in [2.24, 2.45) is 5.92 Å². The summed E-state index contributed by atoms with van der Waals surface area (Å²) in [5.41, 5.74) is 3.39. The number of fused-ring (bicyclic) bond motifs is 3. The number of esters is 2. The number of carbonyl (C=O) groups excluding carboxylic acids is 2. The van der Waals surface area contributed by atoms with Crippen molar-refractivity contribution in [1.82, 2.24) is 0 Å². The molecule has 1 unspecified atom stereocenters. The van der Waals surface area contributed by atoms with Crippen molar-refractivity contribution in [3.8, 4) is 0 Å². The Morgan fingerprint density at radius 1 is 1.06 bits per heavy atom. The van der Waals surface area contributed by atoms with E-state index in [1.165, 1.54) is 0 Å². The highest BCUT2D eigenvalue weighted by atomic mass is 16.6. The average Bonchev–Trinajstić information content (AvgIpc) is 3.28. The third-order valence-corrected chi connectivity index (χ3v) is 6.86. The van der Waals surface area contributed by atoms with E-state index in [2.05, 4.69) is 37.4 Å². The van der Waals surface area contributed by atoms with E-state index in [0.29, 0.717) is 36.2 Å². The molecule has 0 spiro atoms. The van der Waals surface area contributed by atoms with E-state index < -0.39 is 12.2 Å². The van der Waals surface area contributed by atoms with E-state index in [9.17, 15) is 9.59 Å². The first kappa shape index (κ1) is 22.2. The van der Waals surface area contributed by atoms with E-state index in [4.69, 9.17) is 14.2 Å². The molecule has 0 N–H and O–H groups in total. The van der Waals surface area contributed by atoms with Crippen molar-refractivity contribution in [3.05, 3.63) is 95.8 Å². The second-order valence-electron chi connectivity index (χ2n) is 9.28. The molecule has 0 radical (unpaired) electrons. The number of benzene rings is 2. The van der Waals surface area contributed by atoms with Gasteiger partial charge in [-0.05, 0) is 47.4 Å². The number of allylic oxidation sites excluding steroid dienone is 1. The topological polar surface area (TPSA) is 61.8 Å². The molecule has 0 aromatic heterocycles. The lowest BCUT2D eigenvalue weighted by atomic mass is 9.85. The fourth-order valence-electron chi connectivity index (χ4n) is 5.16. The minimum atomic E-state index is -0.551. The Labute approximate surface area is 199 Å². The van der Waals surface area contributed by atoms with Crippen LogP contribution < -0.4 is 0 Å². The van der Waals surface area contributed by atoms with Gasteiger partial charge in [0.1, 0.15) is 24.1 Å². The van der Waals surface area contributed by atoms with E-state index in [0.717, 1.165) is 21.9 Å². The van der Waals surface area contributed by atoms with Gasteiger partial charge in [-0.3, -0.25) is 4.79 Å². The van der Waals surface area contributed by atoms with Crippen LogP contribution in [0.15, 0.2) is 90.3 Å². The van der Waals surface area contributed by atoms with Gasteiger partial charge in [0.2, 0.25) is 0 Å². The molecular weight excluding hydrogens is 428 g/mol. The van der Waals surface area contributed by atoms with E-state index in [1.54, 1.807) is 0 Å². The summed E-state index contributed by atoms with van der Waals surface area (Å²) in [6, 6.07) is 14.3. The average molecular weight is 457 g/mol. The molecule has 1 fully saturated rings. The Kier molecular flexibility index (Phi) is 5.86. The Hall–Kier alpha value is -3.60. The fourth-order valence-corrected chi connectivity index (χ4v) is 5.16. The van der Waals surface area contributed by atoms with Crippen molar-refractivity contribution >= 4 is 22.7 Å². The lowest BCUT2D eigenvalue weighted by molar-refractivity contribution is -0.149. The molecule has 0 saturated carbocycles. The van der Waals surface area contributed by atoms with Crippen molar-refractivity contribution in [2.75, 3.05) is 0 Å². The zero-order chi connectivity index (χ0) is 23.8. The Bertz CT molecular complexity index is 1240. The van der Waals surface area contributed by atoms with Gasteiger partial charge >= 0.3 is 11.9 Å². The number of hydrogen-bond acceptors (Lipinski definition) is 5. The van der Waals surface area contributed by atoms with E-state index in [1.807, 2.05) is 37.3 Å². The summed E-state index contributed by atoms with van der Waals surface area (Å²) in [4.78, 5) is 25.3.